The second-order valence-corrected chi connectivity index (χ2v) is 6.31. The SMILES string of the molecule is O=C1NC(=O)/C(=C\c2ccc(OC3CCCCC3)cc2)S1. The zero-order chi connectivity index (χ0) is 14.7. The number of nitrogens with one attached hydrogen (secondary N) is 1. The van der Waals surface area contributed by atoms with Crippen LogP contribution in [0.4, 0.5) is 4.79 Å². The maximum atomic E-state index is 11.5. The van der Waals surface area contributed by atoms with E-state index < -0.39 is 0 Å². The smallest absolute Gasteiger partial charge is 0.290 e. The van der Waals surface area contributed by atoms with Crippen molar-refractivity contribution >= 4 is 29.0 Å². The monoisotopic (exact) mass is 303 g/mol. The number of hydrogen-bond acceptors (Lipinski definition) is 4. The maximum Gasteiger partial charge on any atom is 0.290 e. The van der Waals surface area contributed by atoms with E-state index in [-0.39, 0.29) is 11.1 Å². The summed E-state index contributed by atoms with van der Waals surface area (Å²) in [4.78, 5) is 23.0. The normalized spacial score (nSPS) is 21.6. The van der Waals surface area contributed by atoms with Crippen LogP contribution in [0.5, 0.6) is 5.75 Å². The van der Waals surface area contributed by atoms with Crippen molar-refractivity contribution in [3.63, 3.8) is 0 Å². The van der Waals surface area contributed by atoms with Crippen LogP contribution in [0, 0.1) is 0 Å². The fourth-order valence-corrected chi connectivity index (χ4v) is 3.27. The van der Waals surface area contributed by atoms with Gasteiger partial charge in [0.05, 0.1) is 11.0 Å². The van der Waals surface area contributed by atoms with E-state index in [1.54, 1.807) is 6.08 Å². The fourth-order valence-electron chi connectivity index (χ4n) is 2.59. The number of carbonyl (C=O) groups is 2. The minimum atomic E-state index is -0.326. The molecule has 3 rings (SSSR count). The summed E-state index contributed by atoms with van der Waals surface area (Å²) in [6.45, 7) is 0. The summed E-state index contributed by atoms with van der Waals surface area (Å²) in [5, 5.41) is 1.93. The van der Waals surface area contributed by atoms with E-state index >= 15 is 0 Å². The van der Waals surface area contributed by atoms with Gasteiger partial charge in [-0.05, 0) is 61.2 Å². The van der Waals surface area contributed by atoms with Gasteiger partial charge in [-0.15, -0.1) is 0 Å². The lowest BCUT2D eigenvalue weighted by Gasteiger charge is -2.22. The first-order chi connectivity index (χ1) is 10.2. The van der Waals surface area contributed by atoms with E-state index in [4.69, 9.17) is 4.74 Å². The molecule has 0 atom stereocenters. The minimum Gasteiger partial charge on any atom is -0.490 e. The summed E-state index contributed by atoms with van der Waals surface area (Å²) in [5.74, 6) is 0.538. The number of ether oxygens (including phenoxy) is 1. The molecule has 2 aliphatic rings. The predicted octanol–water partition coefficient (Wildman–Crippen LogP) is 3.72. The molecule has 0 radical (unpaired) electrons. The molecule has 0 bridgehead atoms. The van der Waals surface area contributed by atoms with E-state index in [9.17, 15) is 9.59 Å². The molecule has 0 spiro atoms. The van der Waals surface area contributed by atoms with Gasteiger partial charge in [-0.2, -0.15) is 0 Å². The van der Waals surface area contributed by atoms with Gasteiger partial charge in [0, 0.05) is 0 Å². The Labute approximate surface area is 127 Å². The summed E-state index contributed by atoms with van der Waals surface area (Å²) in [6, 6.07) is 7.64. The summed E-state index contributed by atoms with van der Waals surface area (Å²) in [5.41, 5.74) is 0.887. The molecule has 5 heteroatoms. The lowest BCUT2D eigenvalue weighted by atomic mass is 9.98. The van der Waals surface area contributed by atoms with Crippen LogP contribution in [0.2, 0.25) is 0 Å². The number of imide groups is 1. The Balaban J connectivity index is 1.65. The highest BCUT2D eigenvalue weighted by atomic mass is 32.2. The number of thioether (sulfide) groups is 1. The van der Waals surface area contributed by atoms with Gasteiger partial charge < -0.3 is 4.74 Å². The van der Waals surface area contributed by atoms with Crippen molar-refractivity contribution < 1.29 is 14.3 Å². The zero-order valence-electron chi connectivity index (χ0n) is 11.6. The Hall–Kier alpha value is -1.75. The molecular weight excluding hydrogens is 286 g/mol. The van der Waals surface area contributed by atoms with Gasteiger partial charge >= 0.3 is 0 Å². The second-order valence-electron chi connectivity index (χ2n) is 5.30. The van der Waals surface area contributed by atoms with Gasteiger partial charge in [0.25, 0.3) is 11.1 Å². The van der Waals surface area contributed by atoms with Crippen molar-refractivity contribution in [2.45, 2.75) is 38.2 Å². The van der Waals surface area contributed by atoms with Crippen LogP contribution in [0.15, 0.2) is 29.2 Å². The van der Waals surface area contributed by atoms with Gasteiger partial charge in [0.1, 0.15) is 5.75 Å². The topological polar surface area (TPSA) is 55.4 Å². The van der Waals surface area contributed by atoms with Crippen molar-refractivity contribution in [1.29, 1.82) is 0 Å². The predicted molar refractivity (Wildman–Crippen MR) is 83.0 cm³/mol. The van der Waals surface area contributed by atoms with Crippen LogP contribution in [-0.2, 0) is 4.79 Å². The fraction of sp³-hybridized carbons (Fsp3) is 0.375. The van der Waals surface area contributed by atoms with Crippen LogP contribution in [-0.4, -0.2) is 17.3 Å². The summed E-state index contributed by atoms with van der Waals surface area (Å²) >= 11 is 0.931. The maximum absolute atomic E-state index is 11.5. The summed E-state index contributed by atoms with van der Waals surface area (Å²) in [6.07, 6.45) is 8.11. The third-order valence-corrected chi connectivity index (χ3v) is 4.49. The largest absolute Gasteiger partial charge is 0.490 e. The minimum absolute atomic E-state index is 0.316. The molecule has 21 heavy (non-hydrogen) atoms. The van der Waals surface area contributed by atoms with Gasteiger partial charge in [0.15, 0.2) is 0 Å². The molecule has 1 aliphatic carbocycles. The van der Waals surface area contributed by atoms with Crippen LogP contribution >= 0.6 is 11.8 Å². The van der Waals surface area contributed by atoms with Gasteiger partial charge in [-0.1, -0.05) is 18.6 Å². The molecule has 0 aromatic heterocycles. The van der Waals surface area contributed by atoms with Gasteiger partial charge in [-0.3, -0.25) is 14.9 Å². The highest BCUT2D eigenvalue weighted by Crippen LogP contribution is 2.27. The summed E-state index contributed by atoms with van der Waals surface area (Å²) in [7, 11) is 0. The van der Waals surface area contributed by atoms with Crippen molar-refractivity contribution in [2.75, 3.05) is 0 Å². The van der Waals surface area contributed by atoms with Crippen LogP contribution in [0.3, 0.4) is 0 Å². The van der Waals surface area contributed by atoms with E-state index in [0.29, 0.717) is 11.0 Å². The van der Waals surface area contributed by atoms with Gasteiger partial charge in [-0.25, -0.2) is 0 Å². The number of amides is 2. The molecule has 110 valence electrons. The van der Waals surface area contributed by atoms with E-state index in [1.807, 2.05) is 24.3 Å². The van der Waals surface area contributed by atoms with Gasteiger partial charge in [0.2, 0.25) is 0 Å². The average molecular weight is 303 g/mol. The third kappa shape index (κ3) is 3.67. The average Bonchev–Trinajstić information content (AvgIpc) is 2.80. The Kier molecular flexibility index (Phi) is 4.29. The third-order valence-electron chi connectivity index (χ3n) is 3.67. The van der Waals surface area contributed by atoms with E-state index in [1.165, 1.54) is 19.3 Å². The number of carbonyl (C=O) groups excluding carboxylic acids is 2. The van der Waals surface area contributed by atoms with E-state index in [0.717, 1.165) is 35.9 Å². The Bertz CT molecular complexity index is 574. The molecule has 4 nitrogen and oxygen atoms in total. The van der Waals surface area contributed by atoms with Crippen LogP contribution in [0.25, 0.3) is 6.08 Å². The second kappa shape index (κ2) is 6.35. The molecule has 1 saturated carbocycles. The highest BCUT2D eigenvalue weighted by molar-refractivity contribution is 8.18. The number of rotatable bonds is 3. The lowest BCUT2D eigenvalue weighted by Crippen LogP contribution is -2.19. The molecule has 2 amide bonds. The molecule has 1 heterocycles. The van der Waals surface area contributed by atoms with E-state index in [2.05, 4.69) is 5.32 Å². The van der Waals surface area contributed by atoms with Crippen molar-refractivity contribution in [2.24, 2.45) is 0 Å². The first-order valence-corrected chi connectivity index (χ1v) is 8.04. The Morgan fingerprint density at radius 1 is 1.10 bits per heavy atom. The molecule has 1 N–H and O–H groups in total. The molecular formula is C16H17NO3S. The molecule has 1 aromatic carbocycles. The number of hydrogen-bond donors (Lipinski definition) is 1. The highest BCUT2D eigenvalue weighted by Gasteiger charge is 2.24. The zero-order valence-corrected chi connectivity index (χ0v) is 12.4. The molecule has 1 aliphatic heterocycles. The van der Waals surface area contributed by atoms with Crippen molar-refractivity contribution in [3.8, 4) is 5.75 Å². The Morgan fingerprint density at radius 2 is 1.81 bits per heavy atom. The van der Waals surface area contributed by atoms with Crippen LogP contribution in [0.1, 0.15) is 37.7 Å². The molecule has 1 aromatic rings. The van der Waals surface area contributed by atoms with Crippen molar-refractivity contribution in [3.05, 3.63) is 34.7 Å². The Morgan fingerprint density at radius 3 is 2.43 bits per heavy atom. The van der Waals surface area contributed by atoms with Crippen LogP contribution < -0.4 is 10.1 Å². The number of benzene rings is 1. The van der Waals surface area contributed by atoms with Crippen molar-refractivity contribution in [1.82, 2.24) is 5.32 Å². The lowest BCUT2D eigenvalue weighted by molar-refractivity contribution is -0.115. The molecule has 2 fully saturated rings. The first-order valence-electron chi connectivity index (χ1n) is 7.22. The first kappa shape index (κ1) is 14.2. The molecule has 0 unspecified atom stereocenters. The standard InChI is InChI=1S/C16H17NO3S/c18-15-14(21-16(19)17-15)10-11-6-8-13(9-7-11)20-12-4-2-1-3-5-12/h6-10,12H,1-5H2,(H,17,18,19)/b14-10+. The molecule has 1 saturated heterocycles. The summed E-state index contributed by atoms with van der Waals surface area (Å²) < 4.78 is 5.96. The quantitative estimate of drug-likeness (QED) is 0.865.